The molecular weight excluding hydrogens is 322 g/mol. The van der Waals surface area contributed by atoms with Gasteiger partial charge in [0.25, 0.3) is 5.91 Å². The lowest BCUT2D eigenvalue weighted by molar-refractivity contribution is -0.129. The molecule has 5 nitrogen and oxygen atoms in total. The van der Waals surface area contributed by atoms with Crippen LogP contribution in [0.25, 0.3) is 10.9 Å². The molecule has 0 radical (unpaired) electrons. The molecule has 2 aromatic rings. The molecule has 0 unspecified atom stereocenters. The molecule has 2 heterocycles. The van der Waals surface area contributed by atoms with Crippen LogP contribution >= 0.6 is 11.8 Å². The largest absolute Gasteiger partial charge is 0.351 e. The van der Waals surface area contributed by atoms with Crippen molar-refractivity contribution in [2.45, 2.75) is 13.3 Å². The number of hydrogen-bond acceptors (Lipinski definition) is 3. The van der Waals surface area contributed by atoms with E-state index in [4.69, 9.17) is 0 Å². The first-order valence-corrected chi connectivity index (χ1v) is 9.57. The molecule has 1 fully saturated rings. The fourth-order valence-electron chi connectivity index (χ4n) is 2.91. The van der Waals surface area contributed by atoms with Crippen molar-refractivity contribution in [2.75, 3.05) is 37.7 Å². The predicted octanol–water partition coefficient (Wildman–Crippen LogP) is 2.60. The number of aromatic nitrogens is 1. The molecule has 1 saturated heterocycles. The van der Waals surface area contributed by atoms with E-state index in [0.29, 0.717) is 37.6 Å². The summed E-state index contributed by atoms with van der Waals surface area (Å²) >= 11 is 1.68. The third-order valence-corrected chi connectivity index (χ3v) is 5.40. The number of aromatic amines is 1. The number of amides is 2. The highest BCUT2D eigenvalue weighted by Crippen LogP contribution is 2.17. The highest BCUT2D eigenvalue weighted by molar-refractivity contribution is 7.99. The zero-order chi connectivity index (χ0) is 16.9. The number of fused-ring (bicyclic) bond motifs is 1. The molecule has 0 spiro atoms. The first kappa shape index (κ1) is 16.9. The molecule has 1 aliphatic rings. The number of piperazine rings is 1. The Labute approximate surface area is 146 Å². The fraction of sp³-hybridized carbons (Fsp3) is 0.444. The van der Waals surface area contributed by atoms with Crippen LogP contribution in [0.3, 0.4) is 0 Å². The number of H-pyrrole nitrogens is 1. The summed E-state index contributed by atoms with van der Waals surface area (Å²) in [7, 11) is 0. The van der Waals surface area contributed by atoms with Crippen molar-refractivity contribution < 1.29 is 9.59 Å². The number of carbonyl (C=O) groups excluding carboxylic acids is 2. The number of para-hydroxylation sites is 1. The third-order valence-electron chi connectivity index (χ3n) is 4.25. The molecule has 0 bridgehead atoms. The lowest BCUT2D eigenvalue weighted by atomic mass is 10.2. The number of hydrogen-bond donors (Lipinski definition) is 1. The van der Waals surface area contributed by atoms with E-state index in [-0.39, 0.29) is 11.8 Å². The molecule has 128 valence electrons. The molecular formula is C18H23N3O2S. The van der Waals surface area contributed by atoms with Gasteiger partial charge in [-0.2, -0.15) is 11.8 Å². The van der Waals surface area contributed by atoms with Crippen LogP contribution in [0.15, 0.2) is 30.3 Å². The van der Waals surface area contributed by atoms with Gasteiger partial charge in [-0.15, -0.1) is 0 Å². The SMILES string of the molecule is CCCSCC(=O)N1CCN(C(=O)c2cc3ccccc3[nH]2)CC1. The lowest BCUT2D eigenvalue weighted by Gasteiger charge is -2.34. The number of nitrogens with zero attached hydrogens (tertiary/aromatic N) is 2. The van der Waals surface area contributed by atoms with Crippen LogP contribution in [-0.2, 0) is 4.79 Å². The molecule has 1 aromatic carbocycles. The van der Waals surface area contributed by atoms with Gasteiger partial charge < -0.3 is 14.8 Å². The summed E-state index contributed by atoms with van der Waals surface area (Å²) in [5, 5.41) is 1.04. The van der Waals surface area contributed by atoms with Crippen LogP contribution in [0.4, 0.5) is 0 Å². The van der Waals surface area contributed by atoms with Gasteiger partial charge in [-0.3, -0.25) is 9.59 Å². The zero-order valence-electron chi connectivity index (χ0n) is 14.0. The first-order valence-electron chi connectivity index (χ1n) is 8.41. The molecule has 24 heavy (non-hydrogen) atoms. The average molecular weight is 345 g/mol. The van der Waals surface area contributed by atoms with E-state index in [0.717, 1.165) is 23.1 Å². The number of carbonyl (C=O) groups is 2. The second-order valence-corrected chi connectivity index (χ2v) is 7.10. The van der Waals surface area contributed by atoms with Gasteiger partial charge in [0.05, 0.1) is 5.75 Å². The number of benzene rings is 1. The highest BCUT2D eigenvalue weighted by atomic mass is 32.2. The molecule has 1 aromatic heterocycles. The van der Waals surface area contributed by atoms with Crippen molar-refractivity contribution >= 4 is 34.5 Å². The van der Waals surface area contributed by atoms with Gasteiger partial charge in [0.1, 0.15) is 5.69 Å². The Bertz CT molecular complexity index is 687. The van der Waals surface area contributed by atoms with Crippen molar-refractivity contribution in [1.82, 2.24) is 14.8 Å². The zero-order valence-corrected chi connectivity index (χ0v) is 14.8. The average Bonchev–Trinajstić information content (AvgIpc) is 3.05. The van der Waals surface area contributed by atoms with Gasteiger partial charge in [-0.1, -0.05) is 25.1 Å². The van der Waals surface area contributed by atoms with E-state index in [2.05, 4.69) is 11.9 Å². The van der Waals surface area contributed by atoms with E-state index in [1.54, 1.807) is 11.8 Å². The topological polar surface area (TPSA) is 56.4 Å². The van der Waals surface area contributed by atoms with Crippen molar-refractivity contribution in [3.05, 3.63) is 36.0 Å². The van der Waals surface area contributed by atoms with Crippen LogP contribution in [0.2, 0.25) is 0 Å². The molecule has 2 amide bonds. The van der Waals surface area contributed by atoms with Crippen molar-refractivity contribution in [2.24, 2.45) is 0 Å². The molecule has 6 heteroatoms. The maximum absolute atomic E-state index is 12.6. The van der Waals surface area contributed by atoms with Gasteiger partial charge in [0.15, 0.2) is 0 Å². The summed E-state index contributed by atoms with van der Waals surface area (Å²) in [5.41, 5.74) is 1.59. The van der Waals surface area contributed by atoms with E-state index < -0.39 is 0 Å². The fourth-order valence-corrected chi connectivity index (χ4v) is 3.70. The first-order chi connectivity index (χ1) is 11.7. The smallest absolute Gasteiger partial charge is 0.270 e. The number of rotatable bonds is 5. The van der Waals surface area contributed by atoms with Crippen LogP contribution < -0.4 is 0 Å². The normalized spacial score (nSPS) is 15.0. The second kappa shape index (κ2) is 7.75. The van der Waals surface area contributed by atoms with E-state index >= 15 is 0 Å². The Kier molecular flexibility index (Phi) is 5.45. The lowest BCUT2D eigenvalue weighted by Crippen LogP contribution is -2.51. The number of thioether (sulfide) groups is 1. The maximum Gasteiger partial charge on any atom is 0.270 e. The Morgan fingerprint density at radius 3 is 2.54 bits per heavy atom. The van der Waals surface area contributed by atoms with E-state index in [1.807, 2.05) is 40.1 Å². The standard InChI is InChI=1S/C18H23N3O2S/c1-2-11-24-13-17(22)20-7-9-21(10-8-20)18(23)16-12-14-5-3-4-6-15(14)19-16/h3-6,12,19H,2,7-11,13H2,1H3. The summed E-state index contributed by atoms with van der Waals surface area (Å²) in [6, 6.07) is 9.78. The summed E-state index contributed by atoms with van der Waals surface area (Å²) in [6.45, 7) is 4.55. The van der Waals surface area contributed by atoms with Gasteiger partial charge >= 0.3 is 0 Å². The molecule has 0 aliphatic carbocycles. The second-order valence-electron chi connectivity index (χ2n) is 6.00. The third kappa shape index (κ3) is 3.75. The minimum atomic E-state index is 0.0126. The van der Waals surface area contributed by atoms with Gasteiger partial charge in [0.2, 0.25) is 5.91 Å². The molecule has 0 saturated carbocycles. The van der Waals surface area contributed by atoms with Crippen molar-refractivity contribution in [1.29, 1.82) is 0 Å². The minimum Gasteiger partial charge on any atom is -0.351 e. The van der Waals surface area contributed by atoms with Gasteiger partial charge in [0, 0.05) is 37.1 Å². The molecule has 1 aliphatic heterocycles. The van der Waals surface area contributed by atoms with Crippen molar-refractivity contribution in [3.63, 3.8) is 0 Å². The monoisotopic (exact) mass is 345 g/mol. The van der Waals surface area contributed by atoms with E-state index in [1.165, 1.54) is 0 Å². The minimum absolute atomic E-state index is 0.0126. The number of nitrogens with one attached hydrogen (secondary N) is 1. The summed E-state index contributed by atoms with van der Waals surface area (Å²) in [4.78, 5) is 31.7. The Morgan fingerprint density at radius 2 is 1.83 bits per heavy atom. The Morgan fingerprint density at radius 1 is 1.12 bits per heavy atom. The van der Waals surface area contributed by atoms with Crippen LogP contribution in [0, 0.1) is 0 Å². The maximum atomic E-state index is 12.6. The molecule has 1 N–H and O–H groups in total. The molecule has 3 rings (SSSR count). The quantitative estimate of drug-likeness (QED) is 0.848. The predicted molar refractivity (Wildman–Crippen MR) is 98.4 cm³/mol. The summed E-state index contributed by atoms with van der Waals surface area (Å²) in [6.07, 6.45) is 1.09. The van der Waals surface area contributed by atoms with E-state index in [9.17, 15) is 9.59 Å². The van der Waals surface area contributed by atoms with Crippen LogP contribution in [0.5, 0.6) is 0 Å². The Balaban J connectivity index is 1.56. The summed E-state index contributed by atoms with van der Waals surface area (Å²) < 4.78 is 0. The van der Waals surface area contributed by atoms with Crippen LogP contribution in [-0.4, -0.2) is 64.3 Å². The van der Waals surface area contributed by atoms with Crippen LogP contribution in [0.1, 0.15) is 23.8 Å². The van der Waals surface area contributed by atoms with Crippen molar-refractivity contribution in [3.8, 4) is 0 Å². The summed E-state index contributed by atoms with van der Waals surface area (Å²) in [5.74, 6) is 1.76. The highest BCUT2D eigenvalue weighted by Gasteiger charge is 2.25. The molecule has 0 atom stereocenters. The Hall–Kier alpha value is -1.95. The van der Waals surface area contributed by atoms with Gasteiger partial charge in [-0.25, -0.2) is 0 Å². The van der Waals surface area contributed by atoms with Gasteiger partial charge in [-0.05, 0) is 24.3 Å².